The van der Waals surface area contributed by atoms with Crippen molar-refractivity contribution in [3.8, 4) is 0 Å². The highest BCUT2D eigenvalue weighted by Crippen LogP contribution is 2.21. The molecule has 1 aliphatic rings. The molecule has 0 aliphatic carbocycles. The minimum absolute atomic E-state index is 0.190. The van der Waals surface area contributed by atoms with E-state index >= 15 is 0 Å². The van der Waals surface area contributed by atoms with Gasteiger partial charge in [-0.25, -0.2) is 4.79 Å². The zero-order chi connectivity index (χ0) is 18.3. The zero-order valence-corrected chi connectivity index (χ0v) is 15.6. The molecule has 140 valence electrons. The van der Waals surface area contributed by atoms with E-state index in [1.54, 1.807) is 4.90 Å². The molecule has 1 N–H and O–H groups in total. The standard InChI is InChI=1S/C19H31N3O3/c1-19(2,3)25-18(24)21-12-8-17(9-13-21)22(11-6-14-23)15-16-7-4-5-10-20-16/h4-5,7,10,17,23H,6,8-9,11-15H2,1-3H3. The number of nitrogens with zero attached hydrogens (tertiary/aromatic N) is 3. The van der Waals surface area contributed by atoms with Crippen LogP contribution in [-0.4, -0.2) is 63.9 Å². The summed E-state index contributed by atoms with van der Waals surface area (Å²) in [5.41, 5.74) is 0.579. The Bertz CT molecular complexity index is 522. The number of carbonyl (C=O) groups excluding carboxylic acids is 1. The summed E-state index contributed by atoms with van der Waals surface area (Å²) in [5.74, 6) is 0. The highest BCUT2D eigenvalue weighted by atomic mass is 16.6. The fraction of sp³-hybridized carbons (Fsp3) is 0.684. The molecular weight excluding hydrogens is 318 g/mol. The minimum Gasteiger partial charge on any atom is -0.444 e. The maximum absolute atomic E-state index is 12.2. The molecule has 1 amide bonds. The van der Waals surface area contributed by atoms with Crippen molar-refractivity contribution in [3.63, 3.8) is 0 Å². The third-order valence-corrected chi connectivity index (χ3v) is 4.33. The molecule has 25 heavy (non-hydrogen) atoms. The van der Waals surface area contributed by atoms with E-state index in [1.807, 2.05) is 45.2 Å². The molecule has 1 aromatic heterocycles. The Morgan fingerprint density at radius 1 is 1.36 bits per heavy atom. The Hall–Kier alpha value is -1.66. The first-order chi connectivity index (χ1) is 11.9. The first-order valence-electron chi connectivity index (χ1n) is 9.12. The van der Waals surface area contributed by atoms with Crippen LogP contribution in [-0.2, 0) is 11.3 Å². The quantitative estimate of drug-likeness (QED) is 0.855. The first-order valence-corrected chi connectivity index (χ1v) is 9.12. The van der Waals surface area contributed by atoms with Gasteiger partial charge < -0.3 is 14.7 Å². The van der Waals surface area contributed by atoms with Crippen LogP contribution in [0.2, 0.25) is 0 Å². The molecule has 1 aliphatic heterocycles. The lowest BCUT2D eigenvalue weighted by Crippen LogP contribution is -2.48. The van der Waals surface area contributed by atoms with Gasteiger partial charge in [-0.1, -0.05) is 6.07 Å². The molecular formula is C19H31N3O3. The largest absolute Gasteiger partial charge is 0.444 e. The average Bonchev–Trinajstić information content (AvgIpc) is 2.58. The molecule has 0 unspecified atom stereocenters. The molecule has 6 nitrogen and oxygen atoms in total. The van der Waals surface area contributed by atoms with E-state index in [4.69, 9.17) is 4.74 Å². The van der Waals surface area contributed by atoms with Crippen LogP contribution in [0.1, 0.15) is 45.7 Å². The number of hydrogen-bond acceptors (Lipinski definition) is 5. The maximum Gasteiger partial charge on any atom is 0.410 e. The third-order valence-electron chi connectivity index (χ3n) is 4.33. The van der Waals surface area contributed by atoms with Crippen LogP contribution in [0.3, 0.4) is 0 Å². The van der Waals surface area contributed by atoms with E-state index in [-0.39, 0.29) is 12.7 Å². The van der Waals surface area contributed by atoms with E-state index in [2.05, 4.69) is 9.88 Å². The number of pyridine rings is 1. The number of aliphatic hydroxyl groups is 1. The lowest BCUT2D eigenvalue weighted by molar-refractivity contribution is 0.0133. The maximum atomic E-state index is 12.2. The highest BCUT2D eigenvalue weighted by Gasteiger charge is 2.29. The fourth-order valence-electron chi connectivity index (χ4n) is 3.10. The normalized spacial score (nSPS) is 16.3. The molecule has 1 saturated heterocycles. The summed E-state index contributed by atoms with van der Waals surface area (Å²) in [4.78, 5) is 20.8. The molecule has 0 spiro atoms. The van der Waals surface area contributed by atoms with E-state index in [1.165, 1.54) is 0 Å². The number of ether oxygens (including phenoxy) is 1. The van der Waals surface area contributed by atoms with Crippen LogP contribution in [0.15, 0.2) is 24.4 Å². The van der Waals surface area contributed by atoms with Crippen LogP contribution < -0.4 is 0 Å². The van der Waals surface area contributed by atoms with Gasteiger partial charge in [-0.15, -0.1) is 0 Å². The monoisotopic (exact) mass is 349 g/mol. The minimum atomic E-state index is -0.458. The number of rotatable bonds is 6. The van der Waals surface area contributed by atoms with Gasteiger partial charge in [0.15, 0.2) is 0 Å². The van der Waals surface area contributed by atoms with Gasteiger partial charge in [0.25, 0.3) is 0 Å². The van der Waals surface area contributed by atoms with Crippen LogP contribution in [0, 0.1) is 0 Å². The smallest absolute Gasteiger partial charge is 0.410 e. The molecule has 1 fully saturated rings. The summed E-state index contributed by atoms with van der Waals surface area (Å²) < 4.78 is 5.46. The molecule has 1 aromatic rings. The molecule has 0 atom stereocenters. The van der Waals surface area contributed by atoms with E-state index in [9.17, 15) is 9.90 Å². The molecule has 6 heteroatoms. The Kier molecular flexibility index (Phi) is 7.20. The second kappa shape index (κ2) is 9.15. The predicted octanol–water partition coefficient (Wildman–Crippen LogP) is 2.67. The molecule has 0 radical (unpaired) electrons. The van der Waals surface area contributed by atoms with Crippen molar-refractivity contribution in [1.29, 1.82) is 0 Å². The highest BCUT2D eigenvalue weighted by molar-refractivity contribution is 5.68. The fourth-order valence-corrected chi connectivity index (χ4v) is 3.10. The van der Waals surface area contributed by atoms with Crippen molar-refractivity contribution in [1.82, 2.24) is 14.8 Å². The summed E-state index contributed by atoms with van der Waals surface area (Å²) in [7, 11) is 0. The van der Waals surface area contributed by atoms with Crippen molar-refractivity contribution in [3.05, 3.63) is 30.1 Å². The van der Waals surface area contributed by atoms with Crippen molar-refractivity contribution < 1.29 is 14.6 Å². The van der Waals surface area contributed by atoms with Gasteiger partial charge in [0.1, 0.15) is 5.60 Å². The average molecular weight is 349 g/mol. The topological polar surface area (TPSA) is 65.9 Å². The van der Waals surface area contributed by atoms with Gasteiger partial charge >= 0.3 is 6.09 Å². The molecule has 0 aromatic carbocycles. The van der Waals surface area contributed by atoms with Crippen LogP contribution in [0.5, 0.6) is 0 Å². The number of likely N-dealkylation sites (tertiary alicyclic amines) is 1. The number of aromatic nitrogens is 1. The van der Waals surface area contributed by atoms with Crippen LogP contribution in [0.25, 0.3) is 0 Å². The van der Waals surface area contributed by atoms with Gasteiger partial charge in [0.05, 0.1) is 5.69 Å². The number of hydrogen-bond donors (Lipinski definition) is 1. The first kappa shape index (κ1) is 19.7. The molecule has 0 bridgehead atoms. The second-order valence-corrected chi connectivity index (χ2v) is 7.57. The number of carbonyl (C=O) groups is 1. The SMILES string of the molecule is CC(C)(C)OC(=O)N1CCC(N(CCCO)Cc2ccccn2)CC1. The lowest BCUT2D eigenvalue weighted by atomic mass is 10.0. The summed E-state index contributed by atoms with van der Waals surface area (Å²) in [5, 5.41) is 9.19. The summed E-state index contributed by atoms with van der Waals surface area (Å²) >= 11 is 0. The summed E-state index contributed by atoms with van der Waals surface area (Å²) in [6.07, 6.45) is 4.16. The predicted molar refractivity (Wildman–Crippen MR) is 97.2 cm³/mol. The Balaban J connectivity index is 1.91. The third kappa shape index (κ3) is 6.63. The molecule has 0 saturated carbocycles. The van der Waals surface area contributed by atoms with Crippen LogP contribution in [0.4, 0.5) is 4.79 Å². The van der Waals surface area contributed by atoms with Crippen molar-refractivity contribution in [2.75, 3.05) is 26.2 Å². The Morgan fingerprint density at radius 2 is 2.08 bits per heavy atom. The van der Waals surface area contributed by atoms with E-state index in [0.29, 0.717) is 19.1 Å². The van der Waals surface area contributed by atoms with Crippen molar-refractivity contribution >= 4 is 6.09 Å². The number of amides is 1. The van der Waals surface area contributed by atoms with E-state index in [0.717, 1.165) is 38.0 Å². The Labute approximate surface area is 150 Å². The van der Waals surface area contributed by atoms with Gasteiger partial charge in [-0.05, 0) is 52.2 Å². The number of piperidine rings is 1. The number of aliphatic hydroxyl groups excluding tert-OH is 1. The van der Waals surface area contributed by atoms with E-state index < -0.39 is 5.60 Å². The summed E-state index contributed by atoms with van der Waals surface area (Å²) in [6.45, 7) is 8.88. The van der Waals surface area contributed by atoms with Crippen LogP contribution >= 0.6 is 0 Å². The zero-order valence-electron chi connectivity index (χ0n) is 15.6. The second-order valence-electron chi connectivity index (χ2n) is 7.57. The van der Waals surface area contributed by atoms with Crippen molar-refractivity contribution in [2.45, 2.75) is 58.2 Å². The van der Waals surface area contributed by atoms with Gasteiger partial charge in [0.2, 0.25) is 0 Å². The molecule has 2 heterocycles. The van der Waals surface area contributed by atoms with Gasteiger partial charge in [-0.3, -0.25) is 9.88 Å². The van der Waals surface area contributed by atoms with Crippen molar-refractivity contribution in [2.24, 2.45) is 0 Å². The lowest BCUT2D eigenvalue weighted by Gasteiger charge is -2.38. The van der Waals surface area contributed by atoms with Gasteiger partial charge in [0, 0.05) is 45.0 Å². The summed E-state index contributed by atoms with van der Waals surface area (Å²) in [6, 6.07) is 6.34. The molecule has 2 rings (SSSR count). The Morgan fingerprint density at radius 3 is 2.64 bits per heavy atom. The van der Waals surface area contributed by atoms with Gasteiger partial charge in [-0.2, -0.15) is 0 Å².